The Bertz CT molecular complexity index is 1510. The van der Waals surface area contributed by atoms with Crippen LogP contribution in [0.2, 0.25) is 5.02 Å². The molecule has 36 heavy (non-hydrogen) atoms. The van der Waals surface area contributed by atoms with Crippen LogP contribution in [0.1, 0.15) is 22.7 Å². The number of aliphatic hydroxyl groups is 1. The van der Waals surface area contributed by atoms with Crippen LogP contribution in [0.4, 0.5) is 0 Å². The smallest absolute Gasteiger partial charge is 0.295 e. The third-order valence-electron chi connectivity index (χ3n) is 6.46. The monoisotopic (exact) mass is 502 g/mol. The standard InChI is InChI=1S/C28H23ClN2O5/c1-36-23-11-8-18(29)14-21(23)26(33)24-25(16-6-9-19(32)10-7-16)31(28(35)27(24)34)13-12-17-15-30-22-5-3-2-4-20(17)22/h2-11,14-15,25,30,32-33H,12-13H2,1H3/b26-24+. The van der Waals surface area contributed by atoms with Gasteiger partial charge >= 0.3 is 0 Å². The first kappa shape index (κ1) is 23.5. The molecule has 5 rings (SSSR count). The van der Waals surface area contributed by atoms with Crippen molar-refractivity contribution in [1.82, 2.24) is 9.88 Å². The van der Waals surface area contributed by atoms with E-state index in [0.717, 1.165) is 16.5 Å². The maximum Gasteiger partial charge on any atom is 0.295 e. The van der Waals surface area contributed by atoms with Crippen LogP contribution >= 0.6 is 11.6 Å². The van der Waals surface area contributed by atoms with Crippen molar-refractivity contribution in [2.45, 2.75) is 12.5 Å². The second-order valence-corrected chi connectivity index (χ2v) is 8.97. The van der Waals surface area contributed by atoms with E-state index in [2.05, 4.69) is 4.98 Å². The van der Waals surface area contributed by atoms with E-state index in [1.165, 1.54) is 30.2 Å². The fourth-order valence-electron chi connectivity index (χ4n) is 4.70. The van der Waals surface area contributed by atoms with Gasteiger partial charge in [-0.05, 0) is 53.9 Å². The molecule has 1 unspecified atom stereocenters. The van der Waals surface area contributed by atoms with Gasteiger partial charge in [-0.15, -0.1) is 0 Å². The molecule has 4 aromatic rings. The van der Waals surface area contributed by atoms with E-state index >= 15 is 0 Å². The zero-order valence-corrected chi connectivity index (χ0v) is 20.1. The average Bonchev–Trinajstić information content (AvgIpc) is 3.41. The molecule has 7 nitrogen and oxygen atoms in total. The number of hydrogen-bond donors (Lipinski definition) is 3. The number of halogens is 1. The van der Waals surface area contributed by atoms with Crippen molar-refractivity contribution in [2.24, 2.45) is 0 Å². The van der Waals surface area contributed by atoms with Crippen molar-refractivity contribution in [1.29, 1.82) is 0 Å². The average molecular weight is 503 g/mol. The van der Waals surface area contributed by atoms with Gasteiger partial charge in [0.25, 0.3) is 11.7 Å². The lowest BCUT2D eigenvalue weighted by molar-refractivity contribution is -0.139. The number of rotatable bonds is 6. The van der Waals surface area contributed by atoms with E-state index in [9.17, 15) is 19.8 Å². The number of nitrogens with zero attached hydrogens (tertiary/aromatic N) is 1. The van der Waals surface area contributed by atoms with Crippen molar-refractivity contribution < 1.29 is 24.5 Å². The summed E-state index contributed by atoms with van der Waals surface area (Å²) in [4.78, 5) is 31.2. The normalized spacial score (nSPS) is 17.2. The van der Waals surface area contributed by atoms with E-state index in [4.69, 9.17) is 16.3 Å². The Hall–Kier alpha value is -4.23. The molecule has 1 fully saturated rings. The molecule has 1 amide bonds. The van der Waals surface area contributed by atoms with Crippen LogP contribution in [0.25, 0.3) is 16.7 Å². The number of aromatic amines is 1. The van der Waals surface area contributed by atoms with Crippen LogP contribution in [0, 0.1) is 0 Å². The number of amides is 1. The highest BCUT2D eigenvalue weighted by Gasteiger charge is 2.46. The summed E-state index contributed by atoms with van der Waals surface area (Å²) in [6, 6.07) is 17.9. The Kier molecular flexibility index (Phi) is 6.16. The summed E-state index contributed by atoms with van der Waals surface area (Å²) in [6.07, 6.45) is 2.39. The van der Waals surface area contributed by atoms with Gasteiger partial charge in [-0.2, -0.15) is 0 Å². The van der Waals surface area contributed by atoms with Gasteiger partial charge in [0, 0.05) is 28.7 Å². The number of likely N-dealkylation sites (tertiary alicyclic amines) is 1. The molecule has 3 aromatic carbocycles. The van der Waals surface area contributed by atoms with Crippen molar-refractivity contribution in [2.75, 3.05) is 13.7 Å². The molecule has 1 aliphatic heterocycles. The van der Waals surface area contributed by atoms with E-state index in [1.54, 1.807) is 24.3 Å². The minimum atomic E-state index is -0.862. The molecule has 8 heteroatoms. The number of carbonyl (C=O) groups excluding carboxylic acids is 2. The fourth-order valence-corrected chi connectivity index (χ4v) is 4.88. The van der Waals surface area contributed by atoms with Gasteiger partial charge in [0.05, 0.1) is 24.3 Å². The Morgan fingerprint density at radius 2 is 1.83 bits per heavy atom. The summed E-state index contributed by atoms with van der Waals surface area (Å²) in [7, 11) is 1.44. The van der Waals surface area contributed by atoms with E-state index in [-0.39, 0.29) is 29.2 Å². The quantitative estimate of drug-likeness (QED) is 0.191. The maximum absolute atomic E-state index is 13.3. The summed E-state index contributed by atoms with van der Waals surface area (Å²) in [5.74, 6) is -1.53. The Labute approximate surface area is 212 Å². The van der Waals surface area contributed by atoms with Gasteiger partial charge in [-0.3, -0.25) is 9.59 Å². The number of ketones is 1. The number of aromatic hydroxyl groups is 1. The van der Waals surface area contributed by atoms with Gasteiger partial charge in [-0.25, -0.2) is 0 Å². The summed E-state index contributed by atoms with van der Waals surface area (Å²) >= 11 is 6.16. The zero-order chi connectivity index (χ0) is 25.4. The number of Topliss-reactive ketones (excluding diaryl/α,β-unsaturated/α-hetero) is 1. The minimum Gasteiger partial charge on any atom is -0.508 e. The molecule has 182 valence electrons. The van der Waals surface area contributed by atoms with Crippen molar-refractivity contribution in [3.8, 4) is 11.5 Å². The number of nitrogens with one attached hydrogen (secondary N) is 1. The van der Waals surface area contributed by atoms with Crippen LogP contribution in [-0.2, 0) is 16.0 Å². The topological polar surface area (TPSA) is 103 Å². The molecule has 0 radical (unpaired) electrons. The number of hydrogen-bond acceptors (Lipinski definition) is 5. The number of phenolic OH excluding ortho intramolecular Hbond substituents is 1. The number of aliphatic hydroxyl groups excluding tert-OH is 1. The molecule has 0 spiro atoms. The Morgan fingerprint density at radius 3 is 2.58 bits per heavy atom. The lowest BCUT2D eigenvalue weighted by Crippen LogP contribution is -2.31. The molecule has 0 aliphatic carbocycles. The van der Waals surface area contributed by atoms with Gasteiger partial charge in [0.15, 0.2) is 0 Å². The lowest BCUT2D eigenvalue weighted by atomic mass is 9.94. The van der Waals surface area contributed by atoms with Crippen LogP contribution in [-0.4, -0.2) is 45.4 Å². The van der Waals surface area contributed by atoms with Gasteiger partial charge in [0.2, 0.25) is 0 Å². The highest BCUT2D eigenvalue weighted by atomic mass is 35.5. The number of fused-ring (bicyclic) bond motifs is 1. The highest BCUT2D eigenvalue weighted by Crippen LogP contribution is 2.42. The molecule has 1 aliphatic rings. The molecule has 1 saturated heterocycles. The third kappa shape index (κ3) is 4.07. The Balaban J connectivity index is 1.60. The number of carbonyl (C=O) groups is 2. The molecule has 0 saturated carbocycles. The number of phenols is 1. The van der Waals surface area contributed by atoms with Crippen LogP contribution in [0.3, 0.4) is 0 Å². The van der Waals surface area contributed by atoms with E-state index in [0.29, 0.717) is 22.8 Å². The summed E-state index contributed by atoms with van der Waals surface area (Å²) < 4.78 is 5.36. The minimum absolute atomic E-state index is 0.0472. The lowest BCUT2D eigenvalue weighted by Gasteiger charge is -2.25. The molecule has 1 atom stereocenters. The molecular weight excluding hydrogens is 480 g/mol. The maximum atomic E-state index is 13.3. The second kappa shape index (κ2) is 9.43. The van der Waals surface area contributed by atoms with E-state index < -0.39 is 17.7 Å². The van der Waals surface area contributed by atoms with Crippen molar-refractivity contribution in [3.63, 3.8) is 0 Å². The van der Waals surface area contributed by atoms with Gasteiger partial charge in [0.1, 0.15) is 17.3 Å². The number of ether oxygens (including phenoxy) is 1. The predicted molar refractivity (Wildman–Crippen MR) is 137 cm³/mol. The second-order valence-electron chi connectivity index (χ2n) is 8.54. The molecule has 2 heterocycles. The predicted octanol–water partition coefficient (Wildman–Crippen LogP) is 5.20. The van der Waals surface area contributed by atoms with Gasteiger partial charge in [-0.1, -0.05) is 41.9 Å². The van der Waals surface area contributed by atoms with Crippen LogP contribution in [0.15, 0.2) is 78.5 Å². The summed E-state index contributed by atoms with van der Waals surface area (Å²) in [5.41, 5.74) is 2.72. The number of methoxy groups -OCH3 is 1. The molecular formula is C28H23ClN2O5. The Morgan fingerprint density at radius 1 is 1.08 bits per heavy atom. The first-order chi connectivity index (χ1) is 17.4. The van der Waals surface area contributed by atoms with Crippen LogP contribution in [0.5, 0.6) is 11.5 Å². The molecule has 3 N–H and O–H groups in total. The third-order valence-corrected chi connectivity index (χ3v) is 6.70. The molecule has 1 aromatic heterocycles. The SMILES string of the molecule is COc1ccc(Cl)cc1/C(O)=C1\C(=O)C(=O)N(CCc2c[nH]c3ccccc23)C1c1ccc(O)cc1. The van der Waals surface area contributed by atoms with Crippen molar-refractivity contribution >= 4 is 40.0 Å². The fraction of sp³-hybridized carbons (Fsp3) is 0.143. The van der Waals surface area contributed by atoms with Gasteiger partial charge < -0.3 is 24.8 Å². The van der Waals surface area contributed by atoms with Crippen molar-refractivity contribution in [3.05, 3.63) is 100 Å². The number of H-pyrrole nitrogens is 1. The summed E-state index contributed by atoms with van der Waals surface area (Å²) in [6.45, 7) is 0.238. The number of para-hydroxylation sites is 1. The first-order valence-corrected chi connectivity index (χ1v) is 11.7. The molecule has 0 bridgehead atoms. The highest BCUT2D eigenvalue weighted by molar-refractivity contribution is 6.46. The number of aromatic nitrogens is 1. The first-order valence-electron chi connectivity index (χ1n) is 11.3. The van der Waals surface area contributed by atoms with E-state index in [1.807, 2.05) is 30.5 Å². The largest absolute Gasteiger partial charge is 0.508 e. The summed E-state index contributed by atoms with van der Waals surface area (Å²) in [5, 5.41) is 22.5. The number of benzene rings is 3. The zero-order valence-electron chi connectivity index (χ0n) is 19.4. The van der Waals surface area contributed by atoms with Crippen LogP contribution < -0.4 is 4.74 Å².